The van der Waals surface area contributed by atoms with Gasteiger partial charge in [-0.1, -0.05) is 12.8 Å². The first kappa shape index (κ1) is 10.1. The lowest BCUT2D eigenvalue weighted by atomic mass is 10.00. The minimum absolute atomic E-state index is 0.309. The van der Waals surface area contributed by atoms with Crippen molar-refractivity contribution in [1.82, 2.24) is 5.32 Å². The van der Waals surface area contributed by atoms with Crippen LogP contribution in [0.25, 0.3) is 0 Å². The molecule has 0 bridgehead atoms. The van der Waals surface area contributed by atoms with E-state index >= 15 is 0 Å². The van der Waals surface area contributed by atoms with Crippen molar-refractivity contribution in [2.75, 3.05) is 13.7 Å². The lowest BCUT2D eigenvalue weighted by molar-refractivity contribution is -0.133. The summed E-state index contributed by atoms with van der Waals surface area (Å²) in [7, 11) is 1.35. The molecule has 3 nitrogen and oxygen atoms in total. The highest BCUT2D eigenvalue weighted by Crippen LogP contribution is 2.16. The number of ether oxygens (including phenoxy) is 1. The molecular weight excluding hydrogens is 166 g/mol. The summed E-state index contributed by atoms with van der Waals surface area (Å²) in [6, 6.07) is 0.442. The predicted molar refractivity (Wildman–Crippen MR) is 50.0 cm³/mol. The molecule has 1 rings (SSSR count). The maximum Gasteiger partial charge on any atom is 0.384 e. The van der Waals surface area contributed by atoms with Crippen LogP contribution >= 0.6 is 0 Å². The highest BCUT2D eigenvalue weighted by Gasteiger charge is 2.23. The Morgan fingerprint density at radius 2 is 2.46 bits per heavy atom. The lowest BCUT2D eigenvalue weighted by Gasteiger charge is -2.10. The first-order valence-electron chi connectivity index (χ1n) is 4.60. The van der Waals surface area contributed by atoms with E-state index in [9.17, 15) is 4.79 Å². The molecule has 1 fully saturated rings. The van der Waals surface area contributed by atoms with Gasteiger partial charge in [-0.3, -0.25) is 0 Å². The molecule has 2 atom stereocenters. The number of nitrogens with one attached hydrogen (secondary N) is 1. The van der Waals surface area contributed by atoms with Crippen LogP contribution in [0.15, 0.2) is 0 Å². The van der Waals surface area contributed by atoms with E-state index in [1.54, 1.807) is 0 Å². The van der Waals surface area contributed by atoms with Crippen LogP contribution in [0, 0.1) is 17.8 Å². The van der Waals surface area contributed by atoms with Crippen LogP contribution in [0.3, 0.4) is 0 Å². The van der Waals surface area contributed by atoms with Crippen LogP contribution in [-0.2, 0) is 9.53 Å². The molecule has 1 aliphatic heterocycles. The number of carbonyl (C=O) groups is 1. The van der Waals surface area contributed by atoms with E-state index in [0.717, 1.165) is 19.4 Å². The van der Waals surface area contributed by atoms with Gasteiger partial charge in [-0.15, -0.1) is 0 Å². The van der Waals surface area contributed by atoms with Gasteiger partial charge in [-0.2, -0.15) is 0 Å². The molecule has 0 aromatic heterocycles. The van der Waals surface area contributed by atoms with Crippen molar-refractivity contribution in [3.8, 4) is 11.8 Å². The molecule has 3 heteroatoms. The monoisotopic (exact) mass is 181 g/mol. The number of rotatable bonds is 1. The predicted octanol–water partition coefficient (Wildman–Crippen LogP) is 0.551. The van der Waals surface area contributed by atoms with Crippen LogP contribution in [-0.4, -0.2) is 25.7 Å². The Morgan fingerprint density at radius 1 is 1.69 bits per heavy atom. The molecule has 2 unspecified atom stereocenters. The van der Waals surface area contributed by atoms with Crippen LogP contribution in [0.2, 0.25) is 0 Å². The summed E-state index contributed by atoms with van der Waals surface area (Å²) in [4.78, 5) is 10.7. The van der Waals surface area contributed by atoms with Crippen molar-refractivity contribution >= 4 is 5.97 Å². The van der Waals surface area contributed by atoms with E-state index in [0.29, 0.717) is 12.0 Å². The standard InChI is InChI=1S/C10H15NO2/c1-3-9-8(6-7-11-9)4-5-10(12)13-2/h8-9,11H,3,6-7H2,1-2H3. The molecule has 1 saturated heterocycles. The zero-order valence-corrected chi connectivity index (χ0v) is 8.09. The maximum absolute atomic E-state index is 10.7. The first-order chi connectivity index (χ1) is 6.27. The highest BCUT2D eigenvalue weighted by molar-refractivity contribution is 5.88. The first-order valence-corrected chi connectivity index (χ1v) is 4.60. The van der Waals surface area contributed by atoms with Crippen molar-refractivity contribution in [3.05, 3.63) is 0 Å². The minimum atomic E-state index is -0.443. The van der Waals surface area contributed by atoms with Crippen LogP contribution in [0.1, 0.15) is 19.8 Å². The van der Waals surface area contributed by atoms with E-state index in [1.165, 1.54) is 7.11 Å². The third kappa shape index (κ3) is 2.74. The smallest absolute Gasteiger partial charge is 0.384 e. The SMILES string of the molecule is CCC1NCCC1C#CC(=O)OC. The molecule has 0 amide bonds. The average Bonchev–Trinajstić information content (AvgIpc) is 2.61. The molecule has 1 aliphatic rings. The van der Waals surface area contributed by atoms with Crippen LogP contribution < -0.4 is 5.32 Å². The van der Waals surface area contributed by atoms with Gasteiger partial charge in [0.25, 0.3) is 0 Å². The Hall–Kier alpha value is -1.01. The molecule has 1 N–H and O–H groups in total. The Kier molecular flexibility index (Phi) is 3.78. The zero-order valence-electron chi connectivity index (χ0n) is 8.09. The van der Waals surface area contributed by atoms with Crippen LogP contribution in [0.5, 0.6) is 0 Å². The maximum atomic E-state index is 10.7. The van der Waals surface area contributed by atoms with Gasteiger partial charge in [0.15, 0.2) is 0 Å². The van der Waals surface area contributed by atoms with Gasteiger partial charge in [0, 0.05) is 17.9 Å². The second-order valence-corrected chi connectivity index (χ2v) is 3.12. The highest BCUT2D eigenvalue weighted by atomic mass is 16.5. The topological polar surface area (TPSA) is 38.3 Å². The summed E-state index contributed by atoms with van der Waals surface area (Å²) >= 11 is 0. The normalized spacial score (nSPS) is 26.3. The number of carbonyl (C=O) groups excluding carboxylic acids is 1. The summed E-state index contributed by atoms with van der Waals surface area (Å²) < 4.78 is 4.45. The summed E-state index contributed by atoms with van der Waals surface area (Å²) in [5.74, 6) is 5.30. The number of hydrogen-bond donors (Lipinski definition) is 1. The second-order valence-electron chi connectivity index (χ2n) is 3.12. The van der Waals surface area contributed by atoms with Crippen LogP contribution in [0.4, 0.5) is 0 Å². The van der Waals surface area contributed by atoms with Crippen molar-refractivity contribution < 1.29 is 9.53 Å². The van der Waals surface area contributed by atoms with E-state index in [1.807, 2.05) is 0 Å². The summed E-state index contributed by atoms with van der Waals surface area (Å²) in [6.45, 7) is 3.12. The third-order valence-electron chi connectivity index (χ3n) is 2.33. The third-order valence-corrected chi connectivity index (χ3v) is 2.33. The number of esters is 1. The van der Waals surface area contributed by atoms with Crippen molar-refractivity contribution in [2.24, 2.45) is 5.92 Å². The Morgan fingerprint density at radius 3 is 3.08 bits per heavy atom. The quantitative estimate of drug-likeness (QED) is 0.365. The molecule has 0 radical (unpaired) electrons. The Bertz CT molecular complexity index is 239. The fraction of sp³-hybridized carbons (Fsp3) is 0.700. The Balaban J connectivity index is 2.50. The second kappa shape index (κ2) is 4.88. The molecule has 1 heterocycles. The van der Waals surface area contributed by atoms with Gasteiger partial charge >= 0.3 is 5.97 Å². The molecule has 0 aromatic carbocycles. The lowest BCUT2D eigenvalue weighted by Crippen LogP contribution is -2.25. The largest absolute Gasteiger partial charge is 0.459 e. The van der Waals surface area contributed by atoms with Gasteiger partial charge in [-0.25, -0.2) is 4.79 Å². The van der Waals surface area contributed by atoms with Crippen molar-refractivity contribution in [2.45, 2.75) is 25.8 Å². The van der Waals surface area contributed by atoms with E-state index < -0.39 is 5.97 Å². The van der Waals surface area contributed by atoms with Gasteiger partial charge in [0.2, 0.25) is 0 Å². The van der Waals surface area contributed by atoms with Crippen molar-refractivity contribution in [3.63, 3.8) is 0 Å². The summed E-state index contributed by atoms with van der Waals surface area (Å²) in [5.41, 5.74) is 0. The fourth-order valence-electron chi connectivity index (χ4n) is 1.57. The van der Waals surface area contributed by atoms with Crippen molar-refractivity contribution in [1.29, 1.82) is 0 Å². The molecule has 13 heavy (non-hydrogen) atoms. The molecule has 72 valence electrons. The van der Waals surface area contributed by atoms with E-state index in [-0.39, 0.29) is 0 Å². The summed E-state index contributed by atoms with van der Waals surface area (Å²) in [6.07, 6.45) is 2.09. The van der Waals surface area contributed by atoms with Gasteiger partial charge in [0.05, 0.1) is 7.11 Å². The van der Waals surface area contributed by atoms with E-state index in [4.69, 9.17) is 0 Å². The number of hydrogen-bond acceptors (Lipinski definition) is 3. The number of methoxy groups -OCH3 is 1. The van der Waals surface area contributed by atoms with E-state index in [2.05, 4.69) is 28.8 Å². The Labute approximate surface area is 78.8 Å². The van der Waals surface area contributed by atoms with Gasteiger partial charge < -0.3 is 10.1 Å². The molecule has 0 spiro atoms. The fourth-order valence-corrected chi connectivity index (χ4v) is 1.57. The average molecular weight is 181 g/mol. The van der Waals surface area contributed by atoms with Gasteiger partial charge in [-0.05, 0) is 19.4 Å². The zero-order chi connectivity index (χ0) is 9.68. The van der Waals surface area contributed by atoms with Gasteiger partial charge in [0.1, 0.15) is 0 Å². The molecular formula is C10H15NO2. The minimum Gasteiger partial charge on any atom is -0.459 e. The molecule has 0 aromatic rings. The molecule has 0 aliphatic carbocycles. The summed E-state index contributed by atoms with van der Waals surface area (Å²) in [5, 5.41) is 3.34. The molecule has 0 saturated carbocycles.